The number of hydrogen-bond donors (Lipinski definition) is 1. The van der Waals surface area contributed by atoms with Crippen LogP contribution in [-0.4, -0.2) is 25.8 Å². The molecule has 4 nitrogen and oxygen atoms in total. The molecule has 2 rings (SSSR count). The second-order valence-electron chi connectivity index (χ2n) is 5.88. The van der Waals surface area contributed by atoms with Crippen LogP contribution in [0.1, 0.15) is 38.2 Å². The van der Waals surface area contributed by atoms with Crippen LogP contribution in [0.3, 0.4) is 0 Å². The van der Waals surface area contributed by atoms with E-state index in [1.54, 1.807) is 36.5 Å². The molecule has 0 radical (unpaired) electrons. The Kier molecular flexibility index (Phi) is 4.39. The Morgan fingerprint density at radius 2 is 1.90 bits per heavy atom. The first kappa shape index (κ1) is 15.3. The number of hydrogen-bond acceptors (Lipinski definition) is 3. The van der Waals surface area contributed by atoms with Gasteiger partial charge in [0.15, 0.2) is 0 Å². The highest BCUT2D eigenvalue weighted by Crippen LogP contribution is 2.31. The number of nitrogens with two attached hydrogens (primary N) is 1. The van der Waals surface area contributed by atoms with Crippen molar-refractivity contribution in [1.29, 1.82) is 0 Å². The van der Waals surface area contributed by atoms with Crippen molar-refractivity contribution in [2.24, 2.45) is 5.92 Å². The Balaban J connectivity index is 2.33. The number of rotatable bonds is 3. The van der Waals surface area contributed by atoms with Crippen LogP contribution in [0, 0.1) is 12.8 Å². The zero-order valence-corrected chi connectivity index (χ0v) is 13.3. The monoisotopic (exact) mass is 296 g/mol. The number of sulfonamides is 1. The third-order valence-corrected chi connectivity index (χ3v) is 6.43. The number of anilines is 1. The van der Waals surface area contributed by atoms with Gasteiger partial charge in [-0.05, 0) is 49.4 Å². The highest BCUT2D eigenvalue weighted by Gasteiger charge is 2.33. The number of nitrogen functional groups attached to an aromatic ring is 1. The molecule has 2 N–H and O–H groups in total. The molecule has 20 heavy (non-hydrogen) atoms. The fourth-order valence-corrected chi connectivity index (χ4v) is 4.82. The van der Waals surface area contributed by atoms with E-state index in [4.69, 9.17) is 5.73 Å². The quantitative estimate of drug-likeness (QED) is 0.872. The van der Waals surface area contributed by atoms with Crippen molar-refractivity contribution in [2.45, 2.75) is 50.5 Å². The van der Waals surface area contributed by atoms with Gasteiger partial charge >= 0.3 is 0 Å². The van der Waals surface area contributed by atoms with Crippen LogP contribution in [0.2, 0.25) is 0 Å². The minimum Gasteiger partial charge on any atom is -0.399 e. The van der Waals surface area contributed by atoms with Gasteiger partial charge < -0.3 is 5.73 Å². The lowest BCUT2D eigenvalue weighted by Gasteiger charge is -2.35. The Labute approximate surface area is 122 Å². The van der Waals surface area contributed by atoms with Crippen LogP contribution in [0.4, 0.5) is 5.69 Å². The summed E-state index contributed by atoms with van der Waals surface area (Å²) in [6.07, 6.45) is 4.36. The molecule has 0 spiro atoms. The van der Waals surface area contributed by atoms with E-state index >= 15 is 0 Å². The molecule has 2 unspecified atom stereocenters. The SMILES string of the molecule is Cc1cc(N)ccc1S(=O)(=O)N(C)C1CCCCC1C. The first-order valence-corrected chi connectivity index (χ1v) is 8.62. The van der Waals surface area contributed by atoms with Crippen LogP contribution in [-0.2, 0) is 10.0 Å². The van der Waals surface area contributed by atoms with Crippen molar-refractivity contribution < 1.29 is 8.42 Å². The van der Waals surface area contributed by atoms with E-state index in [1.165, 1.54) is 6.42 Å². The molecule has 0 amide bonds. The number of nitrogens with zero attached hydrogens (tertiary/aromatic N) is 1. The first-order chi connectivity index (χ1) is 9.34. The largest absolute Gasteiger partial charge is 0.399 e. The van der Waals surface area contributed by atoms with Crippen LogP contribution < -0.4 is 5.73 Å². The standard InChI is InChI=1S/C15H24N2O2S/c1-11-6-4-5-7-14(11)17(3)20(18,19)15-9-8-13(16)10-12(15)2/h8-11,14H,4-7,16H2,1-3H3. The molecular weight excluding hydrogens is 272 g/mol. The van der Waals surface area contributed by atoms with E-state index in [9.17, 15) is 8.42 Å². The topological polar surface area (TPSA) is 63.4 Å². The van der Waals surface area contributed by atoms with Crippen LogP contribution in [0.25, 0.3) is 0 Å². The van der Waals surface area contributed by atoms with Gasteiger partial charge in [-0.3, -0.25) is 0 Å². The molecule has 5 heteroatoms. The summed E-state index contributed by atoms with van der Waals surface area (Å²) in [6, 6.07) is 5.08. The lowest BCUT2D eigenvalue weighted by molar-refractivity contribution is 0.213. The molecule has 1 saturated carbocycles. The molecule has 1 aliphatic carbocycles. The molecule has 112 valence electrons. The van der Waals surface area contributed by atoms with Gasteiger partial charge in [0, 0.05) is 18.8 Å². The number of aryl methyl sites for hydroxylation is 1. The molecule has 0 aromatic heterocycles. The minimum atomic E-state index is -3.44. The van der Waals surface area contributed by atoms with Crippen molar-refractivity contribution in [1.82, 2.24) is 4.31 Å². The summed E-state index contributed by atoms with van der Waals surface area (Å²) >= 11 is 0. The average Bonchev–Trinajstić information content (AvgIpc) is 2.38. The van der Waals surface area contributed by atoms with Gasteiger partial charge in [0.2, 0.25) is 10.0 Å². The predicted molar refractivity (Wildman–Crippen MR) is 82.0 cm³/mol. The van der Waals surface area contributed by atoms with Crippen LogP contribution in [0.15, 0.2) is 23.1 Å². The second kappa shape index (κ2) is 5.74. The molecule has 0 heterocycles. The maximum atomic E-state index is 12.8. The van der Waals surface area contributed by atoms with Crippen molar-refractivity contribution in [3.63, 3.8) is 0 Å². The van der Waals surface area contributed by atoms with E-state index in [-0.39, 0.29) is 6.04 Å². The summed E-state index contributed by atoms with van der Waals surface area (Å²) in [7, 11) is -1.74. The maximum Gasteiger partial charge on any atom is 0.243 e. The maximum absolute atomic E-state index is 12.8. The molecule has 0 bridgehead atoms. The third kappa shape index (κ3) is 2.83. The van der Waals surface area contributed by atoms with Crippen molar-refractivity contribution in [3.8, 4) is 0 Å². The summed E-state index contributed by atoms with van der Waals surface area (Å²) in [5.74, 6) is 0.414. The molecule has 1 fully saturated rings. The van der Waals surface area contributed by atoms with E-state index in [2.05, 4.69) is 6.92 Å². The summed E-state index contributed by atoms with van der Waals surface area (Å²) in [4.78, 5) is 0.368. The fourth-order valence-electron chi connectivity index (χ4n) is 3.13. The lowest BCUT2D eigenvalue weighted by Crippen LogP contribution is -2.42. The van der Waals surface area contributed by atoms with Crippen LogP contribution in [0.5, 0.6) is 0 Å². The van der Waals surface area contributed by atoms with Gasteiger partial charge in [0.1, 0.15) is 0 Å². The zero-order valence-electron chi connectivity index (χ0n) is 12.5. The smallest absolute Gasteiger partial charge is 0.243 e. The second-order valence-corrected chi connectivity index (χ2v) is 7.84. The molecular formula is C15H24N2O2S. The Bertz CT molecular complexity index is 584. The van der Waals surface area contributed by atoms with E-state index in [0.717, 1.165) is 19.3 Å². The van der Waals surface area contributed by atoms with E-state index in [0.29, 0.717) is 22.1 Å². The highest BCUT2D eigenvalue weighted by atomic mass is 32.2. The molecule has 1 aromatic carbocycles. The number of benzene rings is 1. The molecule has 1 aliphatic rings. The normalized spacial score (nSPS) is 24.0. The zero-order chi connectivity index (χ0) is 14.9. The summed E-state index contributed by atoms with van der Waals surface area (Å²) in [5.41, 5.74) is 7.00. The van der Waals surface area contributed by atoms with Crippen molar-refractivity contribution >= 4 is 15.7 Å². The van der Waals surface area contributed by atoms with Crippen molar-refractivity contribution in [2.75, 3.05) is 12.8 Å². The predicted octanol–water partition coefficient (Wildman–Crippen LogP) is 2.78. The Hall–Kier alpha value is -1.07. The molecule has 0 saturated heterocycles. The highest BCUT2D eigenvalue weighted by molar-refractivity contribution is 7.89. The fraction of sp³-hybridized carbons (Fsp3) is 0.600. The Morgan fingerprint density at radius 3 is 2.50 bits per heavy atom. The van der Waals surface area contributed by atoms with Gasteiger partial charge in [-0.15, -0.1) is 0 Å². The Morgan fingerprint density at radius 1 is 1.25 bits per heavy atom. The average molecular weight is 296 g/mol. The summed E-state index contributed by atoms with van der Waals surface area (Å²) in [5, 5.41) is 0. The first-order valence-electron chi connectivity index (χ1n) is 7.18. The van der Waals surface area contributed by atoms with Crippen molar-refractivity contribution in [3.05, 3.63) is 23.8 Å². The van der Waals surface area contributed by atoms with Gasteiger partial charge in [-0.25, -0.2) is 8.42 Å². The molecule has 0 aliphatic heterocycles. The minimum absolute atomic E-state index is 0.103. The summed E-state index contributed by atoms with van der Waals surface area (Å²) < 4.78 is 27.2. The summed E-state index contributed by atoms with van der Waals surface area (Å²) in [6.45, 7) is 3.94. The van der Waals surface area contributed by atoms with Gasteiger partial charge in [0.05, 0.1) is 4.90 Å². The van der Waals surface area contributed by atoms with Gasteiger partial charge in [-0.2, -0.15) is 4.31 Å². The van der Waals surface area contributed by atoms with Gasteiger partial charge in [-0.1, -0.05) is 19.8 Å². The van der Waals surface area contributed by atoms with Crippen LogP contribution >= 0.6 is 0 Å². The molecule has 2 atom stereocenters. The van der Waals surface area contributed by atoms with E-state index < -0.39 is 10.0 Å². The third-order valence-electron chi connectivity index (χ3n) is 4.39. The lowest BCUT2D eigenvalue weighted by atomic mass is 9.86. The molecule has 1 aromatic rings. The van der Waals surface area contributed by atoms with Gasteiger partial charge in [0.25, 0.3) is 0 Å². The van der Waals surface area contributed by atoms with E-state index in [1.807, 2.05) is 0 Å².